The molecule has 2 heterocycles. The third-order valence-corrected chi connectivity index (χ3v) is 4.43. The van der Waals surface area contributed by atoms with Crippen molar-refractivity contribution in [3.63, 3.8) is 0 Å². The van der Waals surface area contributed by atoms with Crippen molar-refractivity contribution in [1.82, 2.24) is 9.55 Å². The van der Waals surface area contributed by atoms with Gasteiger partial charge in [0, 0.05) is 22.7 Å². The number of aryl methyl sites for hydroxylation is 1. The summed E-state index contributed by atoms with van der Waals surface area (Å²) >= 11 is 1.29. The fourth-order valence-corrected chi connectivity index (χ4v) is 3.22. The Hall–Kier alpha value is -3.27. The summed E-state index contributed by atoms with van der Waals surface area (Å²) in [6.45, 7) is 1.35. The Morgan fingerprint density at radius 1 is 1.32 bits per heavy atom. The second-order valence-electron chi connectivity index (χ2n) is 5.27. The van der Waals surface area contributed by atoms with Crippen LogP contribution in [0.15, 0.2) is 39.9 Å². The molecule has 1 amide bonds. The van der Waals surface area contributed by atoms with Gasteiger partial charge in [0.2, 0.25) is 5.91 Å². The van der Waals surface area contributed by atoms with Crippen molar-refractivity contribution in [3.8, 4) is 0 Å². The van der Waals surface area contributed by atoms with E-state index < -0.39 is 28.6 Å². The number of H-pyrrole nitrogens is 1. The quantitative estimate of drug-likeness (QED) is 0.540. The first-order valence-electron chi connectivity index (χ1n) is 7.13. The van der Waals surface area contributed by atoms with E-state index in [0.717, 1.165) is 9.44 Å². The number of hydrogen-bond acceptors (Lipinski definition) is 6. The molecule has 0 fully saturated rings. The maximum Gasteiger partial charge on any atom is 0.329 e. The zero-order chi connectivity index (χ0) is 18.1. The molecular weight excluding hydrogens is 348 g/mol. The molecule has 25 heavy (non-hydrogen) atoms. The van der Waals surface area contributed by atoms with Gasteiger partial charge in [0.25, 0.3) is 11.2 Å². The number of nitrogens with one attached hydrogen (secondary N) is 2. The number of benzene rings is 1. The summed E-state index contributed by atoms with van der Waals surface area (Å²) in [5.41, 5.74) is -0.989. The van der Waals surface area contributed by atoms with Crippen molar-refractivity contribution in [2.24, 2.45) is 0 Å². The summed E-state index contributed by atoms with van der Waals surface area (Å²) in [5, 5.41) is 13.4. The molecular formula is C15H12N4O5S. The number of rotatable bonds is 4. The van der Waals surface area contributed by atoms with Crippen LogP contribution in [-0.4, -0.2) is 20.4 Å². The zero-order valence-corrected chi connectivity index (χ0v) is 13.8. The SMILES string of the molecule is Cc1cc2c(=O)n(CC(=O)Nc3ccc([N+](=O)[O-])cc3)c(=O)[nH]c2s1. The Bertz CT molecular complexity index is 1090. The van der Waals surface area contributed by atoms with Crippen molar-refractivity contribution in [2.75, 3.05) is 5.32 Å². The number of carbonyl (C=O) groups excluding carboxylic acids is 1. The van der Waals surface area contributed by atoms with Crippen LogP contribution in [0, 0.1) is 17.0 Å². The highest BCUT2D eigenvalue weighted by Gasteiger charge is 2.13. The van der Waals surface area contributed by atoms with E-state index in [0.29, 0.717) is 15.9 Å². The highest BCUT2D eigenvalue weighted by molar-refractivity contribution is 7.18. The molecule has 0 aliphatic rings. The molecule has 0 atom stereocenters. The second kappa shape index (κ2) is 6.32. The highest BCUT2D eigenvalue weighted by Crippen LogP contribution is 2.18. The van der Waals surface area contributed by atoms with Crippen molar-refractivity contribution in [1.29, 1.82) is 0 Å². The van der Waals surface area contributed by atoms with Gasteiger partial charge in [-0.25, -0.2) is 4.79 Å². The van der Waals surface area contributed by atoms with Gasteiger partial charge in [-0.2, -0.15) is 0 Å². The molecule has 2 N–H and O–H groups in total. The molecule has 0 spiro atoms. The number of amides is 1. The summed E-state index contributed by atoms with van der Waals surface area (Å²) in [5.74, 6) is -0.590. The lowest BCUT2D eigenvalue weighted by Gasteiger charge is -2.06. The molecule has 0 saturated carbocycles. The summed E-state index contributed by atoms with van der Waals surface area (Å²) in [6.07, 6.45) is 0. The Labute approximate surface area is 143 Å². The number of aromatic amines is 1. The van der Waals surface area contributed by atoms with Gasteiger partial charge in [-0.15, -0.1) is 11.3 Å². The summed E-state index contributed by atoms with van der Waals surface area (Å²) in [7, 11) is 0. The van der Waals surface area contributed by atoms with Gasteiger partial charge < -0.3 is 5.32 Å². The van der Waals surface area contributed by atoms with Gasteiger partial charge in [-0.3, -0.25) is 29.3 Å². The number of non-ortho nitro benzene ring substituents is 1. The third kappa shape index (κ3) is 3.33. The summed E-state index contributed by atoms with van der Waals surface area (Å²) in [6, 6.07) is 6.88. The fraction of sp³-hybridized carbons (Fsp3) is 0.133. The molecule has 2 aromatic heterocycles. The van der Waals surface area contributed by atoms with Crippen LogP contribution in [0.3, 0.4) is 0 Å². The number of aromatic nitrogens is 2. The van der Waals surface area contributed by atoms with E-state index in [9.17, 15) is 24.5 Å². The van der Waals surface area contributed by atoms with Crippen LogP contribution in [0.25, 0.3) is 10.2 Å². The van der Waals surface area contributed by atoms with E-state index in [1.165, 1.54) is 35.6 Å². The van der Waals surface area contributed by atoms with Gasteiger partial charge in [-0.05, 0) is 25.1 Å². The normalized spacial score (nSPS) is 10.8. The van der Waals surface area contributed by atoms with E-state index >= 15 is 0 Å². The molecule has 0 unspecified atom stereocenters. The van der Waals surface area contributed by atoms with E-state index in [2.05, 4.69) is 10.3 Å². The first kappa shape index (κ1) is 16.6. The number of thiophene rings is 1. The molecule has 3 rings (SSSR count). The van der Waals surface area contributed by atoms with Crippen molar-refractivity contribution in [2.45, 2.75) is 13.5 Å². The number of anilines is 1. The molecule has 9 nitrogen and oxygen atoms in total. The van der Waals surface area contributed by atoms with E-state index in [-0.39, 0.29) is 5.69 Å². The largest absolute Gasteiger partial charge is 0.329 e. The summed E-state index contributed by atoms with van der Waals surface area (Å²) < 4.78 is 0.815. The van der Waals surface area contributed by atoms with Crippen LogP contribution in [0.2, 0.25) is 0 Å². The van der Waals surface area contributed by atoms with Gasteiger partial charge in [0.05, 0.1) is 10.3 Å². The number of fused-ring (bicyclic) bond motifs is 1. The lowest BCUT2D eigenvalue weighted by atomic mass is 10.3. The smallest absolute Gasteiger partial charge is 0.325 e. The number of nitro benzene ring substituents is 1. The maximum absolute atomic E-state index is 12.4. The van der Waals surface area contributed by atoms with Gasteiger partial charge >= 0.3 is 5.69 Å². The number of carbonyl (C=O) groups is 1. The van der Waals surface area contributed by atoms with Crippen LogP contribution in [-0.2, 0) is 11.3 Å². The first-order valence-corrected chi connectivity index (χ1v) is 7.94. The highest BCUT2D eigenvalue weighted by atomic mass is 32.1. The Morgan fingerprint density at radius 3 is 2.64 bits per heavy atom. The van der Waals surface area contributed by atoms with Crippen molar-refractivity contribution >= 4 is 38.8 Å². The van der Waals surface area contributed by atoms with Crippen LogP contribution in [0.1, 0.15) is 4.88 Å². The Kier molecular flexibility index (Phi) is 4.19. The average Bonchev–Trinajstić information content (AvgIpc) is 2.92. The average molecular weight is 360 g/mol. The van der Waals surface area contributed by atoms with E-state index in [1.807, 2.05) is 6.92 Å². The van der Waals surface area contributed by atoms with E-state index in [4.69, 9.17) is 0 Å². The van der Waals surface area contributed by atoms with Crippen molar-refractivity contribution in [3.05, 3.63) is 66.2 Å². The van der Waals surface area contributed by atoms with Crippen LogP contribution in [0.4, 0.5) is 11.4 Å². The van der Waals surface area contributed by atoms with Crippen LogP contribution >= 0.6 is 11.3 Å². The first-order chi connectivity index (χ1) is 11.8. The van der Waals surface area contributed by atoms with Gasteiger partial charge in [0.1, 0.15) is 11.4 Å². The fourth-order valence-electron chi connectivity index (χ4n) is 2.32. The number of nitrogens with zero attached hydrogens (tertiary/aromatic N) is 2. The van der Waals surface area contributed by atoms with Gasteiger partial charge in [0.15, 0.2) is 0 Å². The minimum Gasteiger partial charge on any atom is -0.325 e. The molecule has 128 valence electrons. The maximum atomic E-state index is 12.4. The zero-order valence-electron chi connectivity index (χ0n) is 12.9. The predicted octanol–water partition coefficient (Wildman–Crippen LogP) is 1.61. The minimum absolute atomic E-state index is 0.107. The molecule has 0 aliphatic carbocycles. The summed E-state index contributed by atoms with van der Waals surface area (Å²) in [4.78, 5) is 50.5. The number of hydrogen-bond donors (Lipinski definition) is 2. The molecule has 0 saturated heterocycles. The molecule has 10 heteroatoms. The molecule has 1 aromatic carbocycles. The third-order valence-electron chi connectivity index (χ3n) is 3.46. The van der Waals surface area contributed by atoms with E-state index in [1.54, 1.807) is 6.07 Å². The molecule has 3 aromatic rings. The monoisotopic (exact) mass is 360 g/mol. The Morgan fingerprint density at radius 2 is 2.00 bits per heavy atom. The molecule has 0 radical (unpaired) electrons. The standard InChI is InChI=1S/C15H12N4O5S/c1-8-6-11-13(25-8)17-15(22)18(14(11)21)7-12(20)16-9-2-4-10(5-3-9)19(23)24/h2-6H,7H2,1H3,(H,16,20)(H,17,22). The van der Waals surface area contributed by atoms with Crippen LogP contribution < -0.4 is 16.6 Å². The lowest BCUT2D eigenvalue weighted by molar-refractivity contribution is -0.384. The molecule has 0 bridgehead atoms. The minimum atomic E-state index is -0.668. The van der Waals surface area contributed by atoms with Gasteiger partial charge in [-0.1, -0.05) is 0 Å². The second-order valence-corrected chi connectivity index (χ2v) is 6.53. The number of nitro groups is 1. The molecule has 0 aliphatic heterocycles. The predicted molar refractivity (Wildman–Crippen MR) is 93.2 cm³/mol. The van der Waals surface area contributed by atoms with Crippen LogP contribution in [0.5, 0.6) is 0 Å². The topological polar surface area (TPSA) is 127 Å². The van der Waals surface area contributed by atoms with Crippen molar-refractivity contribution < 1.29 is 9.72 Å². The lowest BCUT2D eigenvalue weighted by Crippen LogP contribution is -2.38. The Balaban J connectivity index is 1.83.